The molecule has 1 aromatic carbocycles. The molecular weight excluding hydrogens is 268 g/mol. The highest BCUT2D eigenvalue weighted by Crippen LogP contribution is 2.30. The van der Waals surface area contributed by atoms with Crippen molar-refractivity contribution in [3.05, 3.63) is 29.8 Å². The van der Waals surface area contributed by atoms with Crippen molar-refractivity contribution in [2.75, 3.05) is 12.8 Å². The monoisotopic (exact) mass is 290 g/mol. The minimum atomic E-state index is 0.0565. The van der Waals surface area contributed by atoms with Crippen LogP contribution in [0.2, 0.25) is 0 Å². The number of nitrogens with zero attached hydrogens (tertiary/aromatic N) is 1. The summed E-state index contributed by atoms with van der Waals surface area (Å²) < 4.78 is 0. The maximum Gasteiger partial charge on any atom is 0.240 e. The molecule has 0 unspecified atom stereocenters. The maximum absolute atomic E-state index is 12.6. The van der Waals surface area contributed by atoms with E-state index < -0.39 is 0 Å². The van der Waals surface area contributed by atoms with Gasteiger partial charge in [0, 0.05) is 17.5 Å². The van der Waals surface area contributed by atoms with Gasteiger partial charge in [-0.15, -0.1) is 11.8 Å². The van der Waals surface area contributed by atoms with Gasteiger partial charge in [-0.2, -0.15) is 0 Å². The Morgan fingerprint density at radius 3 is 2.60 bits per heavy atom. The van der Waals surface area contributed by atoms with E-state index in [0.717, 1.165) is 25.9 Å². The fourth-order valence-corrected chi connectivity index (χ4v) is 3.20. The van der Waals surface area contributed by atoms with Crippen LogP contribution in [0.25, 0.3) is 0 Å². The summed E-state index contributed by atoms with van der Waals surface area (Å²) in [5.41, 5.74) is 1.24. The van der Waals surface area contributed by atoms with Gasteiger partial charge in [0.05, 0.1) is 6.04 Å². The normalized spacial score (nSPS) is 21.9. The molecule has 1 atom stereocenters. The molecule has 1 saturated heterocycles. The van der Waals surface area contributed by atoms with Crippen molar-refractivity contribution in [2.45, 2.75) is 49.2 Å². The number of nitrogens with one attached hydrogen (secondary N) is 1. The van der Waals surface area contributed by atoms with E-state index in [9.17, 15) is 4.79 Å². The third kappa shape index (κ3) is 3.18. The van der Waals surface area contributed by atoms with E-state index in [1.54, 1.807) is 11.8 Å². The number of thioether (sulfide) groups is 1. The standard InChI is InChI=1S/C16H22N2OS/c1-20-14-8-4-12(5-9-14)11-18(13-6-7-13)16(19)15-3-2-10-17-15/h4-5,8-9,13,15,17H,2-3,6-7,10-11H2,1H3/t15-/m1/s1. The van der Waals surface area contributed by atoms with Gasteiger partial charge in [-0.25, -0.2) is 0 Å². The van der Waals surface area contributed by atoms with Crippen molar-refractivity contribution in [1.82, 2.24) is 10.2 Å². The third-order valence-corrected chi connectivity index (χ3v) is 4.88. The first-order chi connectivity index (χ1) is 9.78. The van der Waals surface area contributed by atoms with E-state index in [1.165, 1.54) is 23.3 Å². The molecule has 1 aromatic rings. The SMILES string of the molecule is CSc1ccc(CN(C(=O)[C@H]2CCCN2)C2CC2)cc1. The number of carbonyl (C=O) groups is 1. The van der Waals surface area contributed by atoms with Crippen molar-refractivity contribution < 1.29 is 4.79 Å². The van der Waals surface area contributed by atoms with Gasteiger partial charge in [0.2, 0.25) is 5.91 Å². The average molecular weight is 290 g/mol. The fraction of sp³-hybridized carbons (Fsp3) is 0.562. The molecule has 1 aliphatic carbocycles. The van der Waals surface area contributed by atoms with Gasteiger partial charge in [-0.1, -0.05) is 12.1 Å². The van der Waals surface area contributed by atoms with Gasteiger partial charge in [-0.05, 0) is 56.2 Å². The summed E-state index contributed by atoms with van der Waals surface area (Å²) in [7, 11) is 0. The quantitative estimate of drug-likeness (QED) is 0.846. The summed E-state index contributed by atoms with van der Waals surface area (Å²) in [6.07, 6.45) is 6.54. The van der Waals surface area contributed by atoms with Gasteiger partial charge in [0.25, 0.3) is 0 Å². The average Bonchev–Trinajstić information content (AvgIpc) is 3.18. The van der Waals surface area contributed by atoms with Crippen molar-refractivity contribution in [3.63, 3.8) is 0 Å². The van der Waals surface area contributed by atoms with Crippen LogP contribution in [0.1, 0.15) is 31.2 Å². The van der Waals surface area contributed by atoms with Crippen LogP contribution < -0.4 is 5.32 Å². The summed E-state index contributed by atoms with van der Waals surface area (Å²) in [6.45, 7) is 1.74. The highest BCUT2D eigenvalue weighted by molar-refractivity contribution is 7.98. The molecule has 20 heavy (non-hydrogen) atoms. The first kappa shape index (κ1) is 14.0. The maximum atomic E-state index is 12.6. The first-order valence-corrected chi connectivity index (χ1v) is 8.67. The van der Waals surface area contributed by atoms with E-state index in [2.05, 4.69) is 40.7 Å². The van der Waals surface area contributed by atoms with Crippen molar-refractivity contribution in [1.29, 1.82) is 0 Å². The molecule has 108 valence electrons. The summed E-state index contributed by atoms with van der Waals surface area (Å²) in [5, 5.41) is 3.33. The molecule has 2 fully saturated rings. The second kappa shape index (κ2) is 6.19. The van der Waals surface area contributed by atoms with Gasteiger partial charge in [-0.3, -0.25) is 4.79 Å². The minimum absolute atomic E-state index is 0.0565. The molecule has 1 N–H and O–H groups in total. The first-order valence-electron chi connectivity index (χ1n) is 7.45. The lowest BCUT2D eigenvalue weighted by molar-refractivity contribution is -0.134. The summed E-state index contributed by atoms with van der Waals surface area (Å²) >= 11 is 1.75. The Hall–Kier alpha value is -1.00. The molecule has 3 nitrogen and oxygen atoms in total. The molecule has 0 bridgehead atoms. The lowest BCUT2D eigenvalue weighted by atomic mass is 10.1. The molecule has 4 heteroatoms. The zero-order valence-corrected chi connectivity index (χ0v) is 12.8. The number of hydrogen-bond donors (Lipinski definition) is 1. The lowest BCUT2D eigenvalue weighted by Gasteiger charge is -2.26. The molecule has 1 amide bonds. The number of amides is 1. The summed E-state index contributed by atoms with van der Waals surface area (Å²) in [4.78, 5) is 16.0. The highest BCUT2D eigenvalue weighted by Gasteiger charge is 2.36. The van der Waals surface area contributed by atoms with E-state index in [4.69, 9.17) is 0 Å². The van der Waals surface area contributed by atoms with Gasteiger partial charge >= 0.3 is 0 Å². The van der Waals surface area contributed by atoms with Crippen LogP contribution in [0, 0.1) is 0 Å². The Bertz CT molecular complexity index is 464. The molecule has 3 rings (SSSR count). The van der Waals surface area contributed by atoms with Crippen molar-refractivity contribution >= 4 is 17.7 Å². The Labute approximate surface area is 125 Å². The molecule has 0 spiro atoms. The third-order valence-electron chi connectivity index (χ3n) is 4.14. The lowest BCUT2D eigenvalue weighted by Crippen LogP contribution is -2.44. The summed E-state index contributed by atoms with van der Waals surface area (Å²) in [6, 6.07) is 9.12. The van der Waals surface area contributed by atoms with E-state index in [1.807, 2.05) is 0 Å². The Morgan fingerprint density at radius 2 is 2.05 bits per heavy atom. The van der Waals surface area contributed by atoms with Crippen LogP contribution in [0.5, 0.6) is 0 Å². The van der Waals surface area contributed by atoms with Gasteiger partial charge < -0.3 is 10.2 Å². The molecule has 0 aromatic heterocycles. The van der Waals surface area contributed by atoms with Crippen LogP contribution in [-0.2, 0) is 11.3 Å². The van der Waals surface area contributed by atoms with Crippen LogP contribution >= 0.6 is 11.8 Å². The largest absolute Gasteiger partial charge is 0.334 e. The van der Waals surface area contributed by atoms with Crippen LogP contribution in [0.4, 0.5) is 0 Å². The van der Waals surface area contributed by atoms with E-state index in [-0.39, 0.29) is 6.04 Å². The van der Waals surface area contributed by atoms with E-state index in [0.29, 0.717) is 11.9 Å². The molecular formula is C16H22N2OS. The van der Waals surface area contributed by atoms with Crippen LogP contribution in [-0.4, -0.2) is 35.7 Å². The van der Waals surface area contributed by atoms with E-state index >= 15 is 0 Å². The zero-order valence-electron chi connectivity index (χ0n) is 12.0. The molecule has 1 saturated carbocycles. The Morgan fingerprint density at radius 1 is 1.30 bits per heavy atom. The minimum Gasteiger partial charge on any atom is -0.334 e. The molecule has 2 aliphatic rings. The molecule has 1 heterocycles. The fourth-order valence-electron chi connectivity index (χ4n) is 2.80. The summed E-state index contributed by atoms with van der Waals surface area (Å²) in [5.74, 6) is 0.305. The number of rotatable bonds is 5. The molecule has 0 radical (unpaired) electrons. The topological polar surface area (TPSA) is 32.3 Å². The smallest absolute Gasteiger partial charge is 0.240 e. The van der Waals surface area contributed by atoms with Crippen molar-refractivity contribution in [3.8, 4) is 0 Å². The Balaban J connectivity index is 1.68. The second-order valence-corrected chi connectivity index (χ2v) is 6.57. The predicted octanol–water partition coefficient (Wildman–Crippen LogP) is 2.65. The van der Waals surface area contributed by atoms with Crippen molar-refractivity contribution in [2.24, 2.45) is 0 Å². The number of hydrogen-bond acceptors (Lipinski definition) is 3. The van der Waals surface area contributed by atoms with Gasteiger partial charge in [0.15, 0.2) is 0 Å². The number of carbonyl (C=O) groups excluding carboxylic acids is 1. The Kier molecular flexibility index (Phi) is 4.32. The van der Waals surface area contributed by atoms with Crippen LogP contribution in [0.15, 0.2) is 29.2 Å². The predicted molar refractivity (Wildman–Crippen MR) is 82.8 cm³/mol. The highest BCUT2D eigenvalue weighted by atomic mass is 32.2. The zero-order chi connectivity index (χ0) is 13.9. The van der Waals surface area contributed by atoms with Gasteiger partial charge in [0.1, 0.15) is 0 Å². The van der Waals surface area contributed by atoms with Crippen LogP contribution in [0.3, 0.4) is 0 Å². The second-order valence-electron chi connectivity index (χ2n) is 5.69. The molecule has 1 aliphatic heterocycles. The number of benzene rings is 1.